The molecule has 114 valence electrons. The largest absolute Gasteiger partial charge is 0.310 e. The molecule has 0 aromatic carbocycles. The lowest BCUT2D eigenvalue weighted by molar-refractivity contribution is 0.211. The second kappa shape index (κ2) is 8.75. The van der Waals surface area contributed by atoms with Gasteiger partial charge in [-0.3, -0.25) is 4.90 Å². The zero-order valence-corrected chi connectivity index (χ0v) is 13.8. The van der Waals surface area contributed by atoms with E-state index in [4.69, 9.17) is 4.98 Å². The molecule has 0 amide bonds. The van der Waals surface area contributed by atoms with Gasteiger partial charge in [0.05, 0.1) is 5.69 Å². The SMILES string of the molecule is CCCNCc1nc(CN(C)C2CCCCCC2)cs1. The van der Waals surface area contributed by atoms with Crippen molar-refractivity contribution in [3.8, 4) is 0 Å². The van der Waals surface area contributed by atoms with E-state index >= 15 is 0 Å². The maximum absolute atomic E-state index is 4.75. The molecule has 0 unspecified atom stereocenters. The molecule has 20 heavy (non-hydrogen) atoms. The van der Waals surface area contributed by atoms with Crippen molar-refractivity contribution in [3.63, 3.8) is 0 Å². The van der Waals surface area contributed by atoms with Crippen molar-refractivity contribution in [2.45, 2.75) is 71.0 Å². The molecular formula is C16H29N3S. The van der Waals surface area contributed by atoms with Gasteiger partial charge < -0.3 is 5.32 Å². The molecule has 0 bridgehead atoms. The Morgan fingerprint density at radius 2 is 2.05 bits per heavy atom. The van der Waals surface area contributed by atoms with E-state index in [0.717, 1.165) is 25.7 Å². The fourth-order valence-electron chi connectivity index (χ4n) is 2.96. The van der Waals surface area contributed by atoms with Crippen molar-refractivity contribution in [2.24, 2.45) is 0 Å². The van der Waals surface area contributed by atoms with Crippen molar-refractivity contribution in [3.05, 3.63) is 16.1 Å². The number of nitrogens with one attached hydrogen (secondary N) is 1. The highest BCUT2D eigenvalue weighted by Gasteiger charge is 2.17. The van der Waals surface area contributed by atoms with Crippen molar-refractivity contribution < 1.29 is 0 Å². The van der Waals surface area contributed by atoms with Crippen LogP contribution in [0.5, 0.6) is 0 Å². The number of nitrogens with zero attached hydrogens (tertiary/aromatic N) is 2. The molecule has 0 aliphatic heterocycles. The van der Waals surface area contributed by atoms with Crippen LogP contribution >= 0.6 is 11.3 Å². The van der Waals surface area contributed by atoms with Gasteiger partial charge in [-0.25, -0.2) is 4.98 Å². The molecule has 4 heteroatoms. The maximum Gasteiger partial charge on any atom is 0.107 e. The Morgan fingerprint density at radius 1 is 1.30 bits per heavy atom. The van der Waals surface area contributed by atoms with Gasteiger partial charge in [0.15, 0.2) is 0 Å². The average Bonchev–Trinajstić information content (AvgIpc) is 2.72. The monoisotopic (exact) mass is 295 g/mol. The topological polar surface area (TPSA) is 28.2 Å². The summed E-state index contributed by atoms with van der Waals surface area (Å²) >= 11 is 1.79. The van der Waals surface area contributed by atoms with Crippen LogP contribution in [0, 0.1) is 0 Å². The molecule has 0 radical (unpaired) electrons. The van der Waals surface area contributed by atoms with Gasteiger partial charge >= 0.3 is 0 Å². The predicted molar refractivity (Wildman–Crippen MR) is 87.1 cm³/mol. The lowest BCUT2D eigenvalue weighted by atomic mass is 10.1. The summed E-state index contributed by atoms with van der Waals surface area (Å²) in [5, 5.41) is 6.88. The zero-order valence-electron chi connectivity index (χ0n) is 13.0. The van der Waals surface area contributed by atoms with E-state index in [1.54, 1.807) is 11.3 Å². The Balaban J connectivity index is 1.79. The molecule has 1 N–H and O–H groups in total. The highest BCUT2D eigenvalue weighted by atomic mass is 32.1. The zero-order chi connectivity index (χ0) is 14.2. The van der Waals surface area contributed by atoms with Crippen LogP contribution in [0.25, 0.3) is 0 Å². The molecule has 1 aromatic heterocycles. The van der Waals surface area contributed by atoms with Gasteiger partial charge in [0, 0.05) is 24.5 Å². The molecule has 1 saturated carbocycles. The van der Waals surface area contributed by atoms with Crippen LogP contribution in [0.4, 0.5) is 0 Å². The van der Waals surface area contributed by atoms with Gasteiger partial charge in [0.2, 0.25) is 0 Å². The minimum atomic E-state index is 0.765. The number of thiazole rings is 1. The van der Waals surface area contributed by atoms with Crippen molar-refractivity contribution in [1.29, 1.82) is 0 Å². The first-order valence-corrected chi connectivity index (χ1v) is 9.01. The first-order chi connectivity index (χ1) is 9.79. The average molecular weight is 295 g/mol. The Morgan fingerprint density at radius 3 is 2.75 bits per heavy atom. The highest BCUT2D eigenvalue weighted by molar-refractivity contribution is 7.09. The molecule has 0 atom stereocenters. The third-order valence-electron chi connectivity index (χ3n) is 4.16. The summed E-state index contributed by atoms with van der Waals surface area (Å²) in [4.78, 5) is 7.27. The van der Waals surface area contributed by atoms with E-state index in [2.05, 4.69) is 29.6 Å². The number of rotatable bonds is 7. The second-order valence-electron chi connectivity index (χ2n) is 5.97. The fourth-order valence-corrected chi connectivity index (χ4v) is 3.71. The van der Waals surface area contributed by atoms with Crippen LogP contribution in [0.1, 0.15) is 62.6 Å². The Bertz CT molecular complexity index is 370. The standard InChI is InChI=1S/C16H29N3S/c1-3-10-17-11-16-18-14(13-20-16)12-19(2)15-8-6-4-5-7-9-15/h13,15,17H,3-12H2,1-2H3. The summed E-state index contributed by atoms with van der Waals surface area (Å²) in [6.45, 7) is 5.21. The Kier molecular flexibility index (Phi) is 6.97. The Labute approximate surface area is 127 Å². The molecular weight excluding hydrogens is 266 g/mol. The third kappa shape index (κ3) is 5.15. The van der Waals surface area contributed by atoms with Crippen LogP contribution in [0.2, 0.25) is 0 Å². The van der Waals surface area contributed by atoms with E-state index in [9.17, 15) is 0 Å². The molecule has 3 nitrogen and oxygen atoms in total. The van der Waals surface area contributed by atoms with Gasteiger partial charge in [-0.1, -0.05) is 32.6 Å². The van der Waals surface area contributed by atoms with E-state index in [1.807, 2.05) is 0 Å². The van der Waals surface area contributed by atoms with E-state index in [1.165, 1.54) is 55.6 Å². The highest BCUT2D eigenvalue weighted by Crippen LogP contribution is 2.22. The molecule has 2 rings (SSSR count). The summed E-state index contributed by atoms with van der Waals surface area (Å²) in [6.07, 6.45) is 9.57. The van der Waals surface area contributed by atoms with Crippen LogP contribution in [0.15, 0.2) is 5.38 Å². The van der Waals surface area contributed by atoms with E-state index < -0.39 is 0 Å². The normalized spacial score (nSPS) is 17.6. The Hall–Kier alpha value is -0.450. The summed E-state index contributed by atoms with van der Waals surface area (Å²) in [5.41, 5.74) is 1.25. The molecule has 1 aliphatic rings. The quantitative estimate of drug-likeness (QED) is 0.612. The predicted octanol–water partition coefficient (Wildman–Crippen LogP) is 3.80. The van der Waals surface area contributed by atoms with Gasteiger partial charge in [-0.15, -0.1) is 11.3 Å². The van der Waals surface area contributed by atoms with Crippen molar-refractivity contribution >= 4 is 11.3 Å². The first-order valence-electron chi connectivity index (χ1n) is 8.14. The lowest BCUT2D eigenvalue weighted by Crippen LogP contribution is -2.30. The van der Waals surface area contributed by atoms with E-state index in [-0.39, 0.29) is 0 Å². The molecule has 0 saturated heterocycles. The van der Waals surface area contributed by atoms with Gasteiger partial charge in [-0.2, -0.15) is 0 Å². The van der Waals surface area contributed by atoms with Crippen LogP contribution in [-0.4, -0.2) is 29.5 Å². The molecule has 1 aromatic rings. The first kappa shape index (κ1) is 15.9. The minimum Gasteiger partial charge on any atom is -0.310 e. The molecule has 0 spiro atoms. The van der Waals surface area contributed by atoms with Crippen molar-refractivity contribution in [1.82, 2.24) is 15.2 Å². The van der Waals surface area contributed by atoms with Gasteiger partial charge in [0.25, 0.3) is 0 Å². The third-order valence-corrected chi connectivity index (χ3v) is 5.06. The maximum atomic E-state index is 4.75. The molecule has 1 fully saturated rings. The summed E-state index contributed by atoms with van der Waals surface area (Å²) in [6, 6.07) is 0.765. The fraction of sp³-hybridized carbons (Fsp3) is 0.812. The van der Waals surface area contributed by atoms with Crippen LogP contribution in [0.3, 0.4) is 0 Å². The number of hydrogen-bond acceptors (Lipinski definition) is 4. The molecule has 1 aliphatic carbocycles. The van der Waals surface area contributed by atoms with Crippen LogP contribution < -0.4 is 5.32 Å². The number of aromatic nitrogens is 1. The summed E-state index contributed by atoms with van der Waals surface area (Å²) < 4.78 is 0. The van der Waals surface area contributed by atoms with Crippen LogP contribution in [-0.2, 0) is 13.1 Å². The molecule has 1 heterocycles. The van der Waals surface area contributed by atoms with E-state index in [0.29, 0.717) is 0 Å². The number of hydrogen-bond donors (Lipinski definition) is 1. The minimum absolute atomic E-state index is 0.765. The smallest absolute Gasteiger partial charge is 0.107 e. The van der Waals surface area contributed by atoms with Crippen molar-refractivity contribution in [2.75, 3.05) is 13.6 Å². The summed E-state index contributed by atoms with van der Waals surface area (Å²) in [5.74, 6) is 0. The second-order valence-corrected chi connectivity index (χ2v) is 6.91. The lowest BCUT2D eigenvalue weighted by Gasteiger charge is -2.26. The van der Waals surface area contributed by atoms with Gasteiger partial charge in [-0.05, 0) is 32.9 Å². The summed E-state index contributed by atoms with van der Waals surface area (Å²) in [7, 11) is 2.27. The van der Waals surface area contributed by atoms with Gasteiger partial charge in [0.1, 0.15) is 5.01 Å².